The highest BCUT2D eigenvalue weighted by molar-refractivity contribution is 4.84. The Morgan fingerprint density at radius 2 is 1.18 bits per heavy atom. The second-order valence-electron chi connectivity index (χ2n) is 4.64. The number of aliphatic hydroxyl groups excluding tert-OH is 3. The van der Waals surface area contributed by atoms with Crippen LogP contribution in [0.5, 0.6) is 0 Å². The summed E-state index contributed by atoms with van der Waals surface area (Å²) in [5.41, 5.74) is 0.00389. The molecule has 4 nitrogen and oxygen atoms in total. The number of aliphatic hydroxyl groups is 3. The molecule has 17 heavy (non-hydrogen) atoms. The molecule has 0 rings (SSSR count). The third-order valence-corrected chi connectivity index (χ3v) is 3.36. The second-order valence-corrected chi connectivity index (χ2v) is 4.64. The number of hydrogen-bond donors (Lipinski definition) is 3. The van der Waals surface area contributed by atoms with E-state index < -0.39 is 0 Å². The largest absolute Gasteiger partial charge is 0.396 e. The van der Waals surface area contributed by atoms with E-state index in [9.17, 15) is 0 Å². The number of rotatable bonds is 11. The van der Waals surface area contributed by atoms with Crippen molar-refractivity contribution < 1.29 is 15.3 Å². The van der Waals surface area contributed by atoms with Crippen LogP contribution in [0, 0.1) is 16.7 Å². The Balaban J connectivity index is 4.46. The molecule has 0 unspecified atom stereocenters. The minimum absolute atomic E-state index is 0.00389. The van der Waals surface area contributed by atoms with Crippen LogP contribution < -0.4 is 0 Å². The standard InChI is InChI=1S/C13H25NO3/c14-9-1-5-13(6-2-10-15,7-3-11-16)8-4-12-17/h15-17H,1-8,10-12H2. The molecule has 0 radical (unpaired) electrons. The Kier molecular flexibility index (Phi) is 10.1. The highest BCUT2D eigenvalue weighted by Crippen LogP contribution is 2.39. The van der Waals surface area contributed by atoms with Crippen LogP contribution >= 0.6 is 0 Å². The first-order valence-corrected chi connectivity index (χ1v) is 6.44. The van der Waals surface area contributed by atoms with Gasteiger partial charge in [0, 0.05) is 26.2 Å². The van der Waals surface area contributed by atoms with Crippen molar-refractivity contribution in [3.05, 3.63) is 0 Å². The van der Waals surface area contributed by atoms with Crippen molar-refractivity contribution in [2.75, 3.05) is 19.8 Å². The van der Waals surface area contributed by atoms with Gasteiger partial charge in [0.1, 0.15) is 0 Å². The van der Waals surface area contributed by atoms with E-state index in [1.165, 1.54) is 0 Å². The average Bonchev–Trinajstić information content (AvgIpc) is 2.37. The number of nitriles is 1. The average molecular weight is 243 g/mol. The van der Waals surface area contributed by atoms with E-state index in [1.807, 2.05) is 0 Å². The normalized spacial score (nSPS) is 11.4. The first kappa shape index (κ1) is 16.4. The lowest BCUT2D eigenvalue weighted by molar-refractivity contribution is 0.139. The predicted octanol–water partition coefficient (Wildman–Crippen LogP) is 1.59. The lowest BCUT2D eigenvalue weighted by Crippen LogP contribution is -2.22. The molecule has 0 aliphatic carbocycles. The summed E-state index contributed by atoms with van der Waals surface area (Å²) in [6.07, 6.45) is 6.07. The highest BCUT2D eigenvalue weighted by Gasteiger charge is 2.28. The van der Waals surface area contributed by atoms with Gasteiger partial charge in [-0.3, -0.25) is 0 Å². The van der Waals surface area contributed by atoms with Gasteiger partial charge in [0.05, 0.1) is 6.07 Å². The third-order valence-electron chi connectivity index (χ3n) is 3.36. The van der Waals surface area contributed by atoms with Crippen molar-refractivity contribution in [1.29, 1.82) is 5.26 Å². The van der Waals surface area contributed by atoms with Gasteiger partial charge in [-0.2, -0.15) is 5.26 Å². The Morgan fingerprint density at radius 3 is 1.47 bits per heavy atom. The van der Waals surface area contributed by atoms with E-state index >= 15 is 0 Å². The van der Waals surface area contributed by atoms with Crippen LogP contribution in [0.25, 0.3) is 0 Å². The van der Waals surface area contributed by atoms with Crippen LogP contribution in [0.1, 0.15) is 51.4 Å². The maximum atomic E-state index is 8.94. The molecule has 0 aromatic carbocycles. The minimum Gasteiger partial charge on any atom is -0.396 e. The van der Waals surface area contributed by atoms with Gasteiger partial charge in [-0.15, -0.1) is 0 Å². The zero-order valence-corrected chi connectivity index (χ0v) is 10.6. The molecule has 0 aromatic rings. The molecule has 0 heterocycles. The molecule has 0 bridgehead atoms. The Morgan fingerprint density at radius 1 is 0.765 bits per heavy atom. The van der Waals surface area contributed by atoms with Crippen molar-refractivity contribution in [2.45, 2.75) is 51.4 Å². The summed E-state index contributed by atoms with van der Waals surface area (Å²) in [5.74, 6) is 0. The van der Waals surface area contributed by atoms with E-state index in [4.69, 9.17) is 20.6 Å². The predicted molar refractivity (Wildman–Crippen MR) is 66.2 cm³/mol. The van der Waals surface area contributed by atoms with Crippen LogP contribution in [0.2, 0.25) is 0 Å². The van der Waals surface area contributed by atoms with Gasteiger partial charge in [0.25, 0.3) is 0 Å². The lowest BCUT2D eigenvalue weighted by atomic mass is 9.72. The summed E-state index contributed by atoms with van der Waals surface area (Å²) in [6, 6.07) is 2.16. The monoisotopic (exact) mass is 243 g/mol. The summed E-state index contributed by atoms with van der Waals surface area (Å²) in [5, 5.41) is 35.5. The topological polar surface area (TPSA) is 84.5 Å². The maximum Gasteiger partial charge on any atom is 0.0621 e. The molecule has 0 spiro atoms. The lowest BCUT2D eigenvalue weighted by Gasteiger charge is -2.33. The van der Waals surface area contributed by atoms with Crippen molar-refractivity contribution in [3.8, 4) is 6.07 Å². The minimum atomic E-state index is 0.00389. The summed E-state index contributed by atoms with van der Waals surface area (Å²) in [6.45, 7) is 0.478. The van der Waals surface area contributed by atoms with Crippen molar-refractivity contribution in [2.24, 2.45) is 5.41 Å². The van der Waals surface area contributed by atoms with Gasteiger partial charge in [-0.1, -0.05) is 0 Å². The Labute approximate surface area is 104 Å². The second kappa shape index (κ2) is 10.5. The Bertz CT molecular complexity index is 191. The molecular weight excluding hydrogens is 218 g/mol. The van der Waals surface area contributed by atoms with Gasteiger partial charge >= 0.3 is 0 Å². The van der Waals surface area contributed by atoms with Crippen LogP contribution in [0.4, 0.5) is 0 Å². The molecule has 0 saturated heterocycles. The molecule has 0 amide bonds. The summed E-state index contributed by atoms with van der Waals surface area (Å²) in [7, 11) is 0. The fourth-order valence-corrected chi connectivity index (χ4v) is 2.43. The van der Waals surface area contributed by atoms with Gasteiger partial charge < -0.3 is 15.3 Å². The van der Waals surface area contributed by atoms with E-state index in [0.717, 1.165) is 44.9 Å². The molecule has 3 N–H and O–H groups in total. The molecule has 100 valence electrons. The van der Waals surface area contributed by atoms with Crippen LogP contribution in [0.3, 0.4) is 0 Å². The van der Waals surface area contributed by atoms with Gasteiger partial charge in [0.15, 0.2) is 0 Å². The quantitative estimate of drug-likeness (QED) is 0.514. The Hall–Kier alpha value is -0.630. The fraction of sp³-hybridized carbons (Fsp3) is 0.923. The summed E-state index contributed by atoms with van der Waals surface area (Å²) < 4.78 is 0. The number of nitrogens with zero attached hydrogens (tertiary/aromatic N) is 1. The van der Waals surface area contributed by atoms with Gasteiger partial charge in [-0.25, -0.2) is 0 Å². The zero-order valence-electron chi connectivity index (χ0n) is 10.6. The molecular formula is C13H25NO3. The first-order chi connectivity index (χ1) is 8.24. The van der Waals surface area contributed by atoms with E-state index in [2.05, 4.69) is 6.07 Å². The summed E-state index contributed by atoms with van der Waals surface area (Å²) >= 11 is 0. The molecule has 0 fully saturated rings. The molecule has 0 atom stereocenters. The fourth-order valence-electron chi connectivity index (χ4n) is 2.43. The van der Waals surface area contributed by atoms with Gasteiger partial charge in [-0.05, 0) is 50.4 Å². The van der Waals surface area contributed by atoms with E-state index in [1.54, 1.807) is 0 Å². The molecule has 4 heteroatoms. The van der Waals surface area contributed by atoms with Crippen LogP contribution in [-0.4, -0.2) is 35.1 Å². The summed E-state index contributed by atoms with van der Waals surface area (Å²) in [4.78, 5) is 0. The van der Waals surface area contributed by atoms with E-state index in [0.29, 0.717) is 6.42 Å². The zero-order chi connectivity index (χ0) is 13.0. The molecule has 0 aliphatic heterocycles. The molecule has 0 aliphatic rings. The first-order valence-electron chi connectivity index (χ1n) is 6.44. The van der Waals surface area contributed by atoms with Crippen molar-refractivity contribution in [1.82, 2.24) is 0 Å². The third kappa shape index (κ3) is 7.32. The van der Waals surface area contributed by atoms with Crippen LogP contribution in [0.15, 0.2) is 0 Å². The van der Waals surface area contributed by atoms with Crippen molar-refractivity contribution in [3.63, 3.8) is 0 Å². The molecule has 0 aromatic heterocycles. The SMILES string of the molecule is N#CCCC(CCCO)(CCCO)CCCO. The molecule has 0 saturated carbocycles. The number of hydrogen-bond acceptors (Lipinski definition) is 4. The van der Waals surface area contributed by atoms with Crippen LogP contribution in [-0.2, 0) is 0 Å². The van der Waals surface area contributed by atoms with Crippen molar-refractivity contribution >= 4 is 0 Å². The van der Waals surface area contributed by atoms with E-state index in [-0.39, 0.29) is 25.2 Å². The smallest absolute Gasteiger partial charge is 0.0621 e. The highest BCUT2D eigenvalue weighted by atomic mass is 16.3. The maximum absolute atomic E-state index is 8.94. The van der Waals surface area contributed by atoms with Gasteiger partial charge in [0.2, 0.25) is 0 Å².